The average molecular weight is 533 g/mol. The quantitative estimate of drug-likeness (QED) is 0.326. The van der Waals surface area contributed by atoms with Crippen molar-refractivity contribution < 1.29 is 38.0 Å². The summed E-state index contributed by atoms with van der Waals surface area (Å²) in [6.07, 6.45) is 10.8. The molecule has 0 unspecified atom stereocenters. The van der Waals surface area contributed by atoms with E-state index in [4.69, 9.17) is 28.4 Å². The fraction of sp³-hybridized carbons (Fsp3) is 0.800. The standard InChI is InChI=1S/C30H44O8/c1-19-9-7-13-27(3)21(35-27)11-16-30(6)24(38-30)18-34-26(32)20(2)10-8-14-28(4)22(36-28)12-15-29(5)23(37-29)17-33-25(19)31/h9-10,21-24H,7-8,11-18H2,1-6H3/b19-9+,20-10+/t21-,22+,23+,24-,27-,28+,29-,30+. The Morgan fingerprint density at radius 1 is 0.579 bits per heavy atom. The van der Waals surface area contributed by atoms with Crippen molar-refractivity contribution in [1.82, 2.24) is 0 Å². The molecule has 4 saturated heterocycles. The average Bonchev–Trinajstić information content (AvgIpc) is 3.80. The maximum Gasteiger partial charge on any atom is 0.333 e. The van der Waals surface area contributed by atoms with Crippen LogP contribution in [-0.4, -0.2) is 72.0 Å². The van der Waals surface area contributed by atoms with Crippen LogP contribution in [0.2, 0.25) is 0 Å². The van der Waals surface area contributed by atoms with Crippen LogP contribution in [0.3, 0.4) is 0 Å². The zero-order chi connectivity index (χ0) is 27.3. The van der Waals surface area contributed by atoms with Crippen molar-refractivity contribution in [1.29, 1.82) is 0 Å². The molecule has 38 heavy (non-hydrogen) atoms. The Bertz CT molecular complexity index is 940. The molecule has 0 amide bonds. The molecule has 0 aromatic rings. The second kappa shape index (κ2) is 10.0. The largest absolute Gasteiger partial charge is 0.459 e. The third-order valence-electron chi connectivity index (χ3n) is 9.51. The predicted octanol–water partition coefficient (Wildman–Crippen LogP) is 4.73. The third-order valence-corrected chi connectivity index (χ3v) is 9.51. The number of esters is 2. The zero-order valence-corrected chi connectivity index (χ0v) is 23.8. The van der Waals surface area contributed by atoms with E-state index >= 15 is 0 Å². The minimum Gasteiger partial charge on any atom is -0.459 e. The molecule has 0 radical (unpaired) electrons. The second-order valence-corrected chi connectivity index (χ2v) is 12.8. The summed E-state index contributed by atoms with van der Waals surface area (Å²) in [5, 5.41) is 0. The molecule has 5 aliphatic rings. The van der Waals surface area contributed by atoms with Crippen molar-refractivity contribution in [2.45, 2.75) is 140 Å². The highest BCUT2D eigenvalue weighted by atomic mass is 16.6. The number of hydrogen-bond acceptors (Lipinski definition) is 8. The monoisotopic (exact) mass is 532 g/mol. The van der Waals surface area contributed by atoms with Crippen LogP contribution in [0.15, 0.2) is 23.3 Å². The number of cyclic esters (lactones) is 2. The highest BCUT2D eigenvalue weighted by Crippen LogP contribution is 2.49. The lowest BCUT2D eigenvalue weighted by molar-refractivity contribution is -0.140. The van der Waals surface area contributed by atoms with Crippen molar-refractivity contribution >= 4 is 11.9 Å². The summed E-state index contributed by atoms with van der Waals surface area (Å²) in [4.78, 5) is 25.0. The Morgan fingerprint density at radius 3 is 1.32 bits per heavy atom. The van der Waals surface area contributed by atoms with Gasteiger partial charge in [0.15, 0.2) is 0 Å². The van der Waals surface area contributed by atoms with E-state index < -0.39 is 0 Å². The molecular weight excluding hydrogens is 488 g/mol. The summed E-state index contributed by atoms with van der Waals surface area (Å²) in [5.41, 5.74) is 0.348. The van der Waals surface area contributed by atoms with Crippen LogP contribution in [0.5, 0.6) is 0 Å². The van der Waals surface area contributed by atoms with Crippen LogP contribution < -0.4 is 0 Å². The lowest BCUT2D eigenvalue weighted by Gasteiger charge is -2.09. The molecule has 4 fully saturated rings. The lowest BCUT2D eigenvalue weighted by Crippen LogP contribution is -2.19. The molecule has 0 aromatic heterocycles. The molecule has 8 nitrogen and oxygen atoms in total. The van der Waals surface area contributed by atoms with Gasteiger partial charge in [0.1, 0.15) is 25.4 Å². The summed E-state index contributed by atoms with van der Waals surface area (Å²) < 4.78 is 34.9. The van der Waals surface area contributed by atoms with Crippen LogP contribution in [-0.2, 0) is 38.0 Å². The highest BCUT2D eigenvalue weighted by Gasteiger charge is 2.58. The molecule has 0 spiro atoms. The van der Waals surface area contributed by atoms with Crippen molar-refractivity contribution in [2.24, 2.45) is 0 Å². The van der Waals surface area contributed by atoms with E-state index in [1.807, 2.05) is 12.2 Å². The van der Waals surface area contributed by atoms with Crippen LogP contribution in [0, 0.1) is 0 Å². The Morgan fingerprint density at radius 2 is 0.921 bits per heavy atom. The Balaban J connectivity index is 1.17. The summed E-state index contributed by atoms with van der Waals surface area (Å²) in [6.45, 7) is 12.5. The Kier molecular flexibility index (Phi) is 7.34. The smallest absolute Gasteiger partial charge is 0.333 e. The number of carbonyl (C=O) groups is 2. The van der Waals surface area contributed by atoms with E-state index in [1.165, 1.54) is 0 Å². The molecule has 0 bridgehead atoms. The summed E-state index contributed by atoms with van der Waals surface area (Å²) in [5.74, 6) is -0.565. The number of hydrogen-bond donors (Lipinski definition) is 0. The summed E-state index contributed by atoms with van der Waals surface area (Å²) in [6, 6.07) is 0. The van der Waals surface area contributed by atoms with Crippen molar-refractivity contribution in [2.75, 3.05) is 13.2 Å². The first-order chi connectivity index (χ1) is 17.9. The van der Waals surface area contributed by atoms with Crippen LogP contribution >= 0.6 is 0 Å². The van der Waals surface area contributed by atoms with Gasteiger partial charge in [-0.25, -0.2) is 9.59 Å². The van der Waals surface area contributed by atoms with E-state index in [-0.39, 0.29) is 72.0 Å². The van der Waals surface area contributed by atoms with E-state index in [1.54, 1.807) is 13.8 Å². The van der Waals surface area contributed by atoms with Crippen molar-refractivity contribution in [3.05, 3.63) is 23.3 Å². The van der Waals surface area contributed by atoms with Crippen LogP contribution in [0.4, 0.5) is 0 Å². The van der Waals surface area contributed by atoms with Gasteiger partial charge >= 0.3 is 11.9 Å². The molecule has 5 rings (SSSR count). The molecule has 212 valence electrons. The van der Waals surface area contributed by atoms with Gasteiger partial charge in [-0.2, -0.15) is 0 Å². The minimum atomic E-state index is -0.283. The predicted molar refractivity (Wildman–Crippen MR) is 139 cm³/mol. The van der Waals surface area contributed by atoms with Gasteiger partial charge in [-0.05, 0) is 92.9 Å². The Hall–Kier alpha value is -1.74. The normalized spacial score (nSPS) is 49.2. The molecule has 5 aliphatic heterocycles. The maximum absolute atomic E-state index is 12.5. The van der Waals surface area contributed by atoms with Gasteiger partial charge in [-0.1, -0.05) is 12.2 Å². The van der Waals surface area contributed by atoms with E-state index in [9.17, 15) is 9.59 Å². The summed E-state index contributed by atoms with van der Waals surface area (Å²) in [7, 11) is 0. The topological polar surface area (TPSA) is 103 Å². The number of fused-ring (bicyclic) bond motifs is 4. The number of ether oxygens (including phenoxy) is 6. The van der Waals surface area contributed by atoms with E-state index in [0.717, 1.165) is 51.4 Å². The lowest BCUT2D eigenvalue weighted by atomic mass is 9.93. The third kappa shape index (κ3) is 6.19. The van der Waals surface area contributed by atoms with Gasteiger partial charge in [-0.3, -0.25) is 0 Å². The molecule has 0 aliphatic carbocycles. The first-order valence-corrected chi connectivity index (χ1v) is 14.2. The molecule has 5 heterocycles. The van der Waals surface area contributed by atoms with Gasteiger partial charge in [0.25, 0.3) is 0 Å². The molecule has 0 aromatic carbocycles. The molecule has 0 N–H and O–H groups in total. The fourth-order valence-corrected chi connectivity index (χ4v) is 5.88. The first kappa shape index (κ1) is 27.8. The number of allylic oxidation sites excluding steroid dienone is 2. The van der Waals surface area contributed by atoms with E-state index in [2.05, 4.69) is 27.7 Å². The first-order valence-electron chi connectivity index (χ1n) is 14.2. The van der Waals surface area contributed by atoms with E-state index in [0.29, 0.717) is 11.1 Å². The molecule has 8 heteroatoms. The van der Waals surface area contributed by atoms with Gasteiger partial charge in [0.2, 0.25) is 0 Å². The Labute approximate surface area is 226 Å². The number of epoxide rings is 4. The molecular formula is C30H44O8. The number of carbonyl (C=O) groups excluding carboxylic acids is 2. The fourth-order valence-electron chi connectivity index (χ4n) is 5.88. The van der Waals surface area contributed by atoms with Crippen molar-refractivity contribution in [3.63, 3.8) is 0 Å². The summed E-state index contributed by atoms with van der Waals surface area (Å²) >= 11 is 0. The zero-order valence-electron chi connectivity index (χ0n) is 23.8. The van der Waals surface area contributed by atoms with Gasteiger partial charge in [0, 0.05) is 11.1 Å². The second-order valence-electron chi connectivity index (χ2n) is 12.8. The highest BCUT2D eigenvalue weighted by molar-refractivity contribution is 5.88. The number of rotatable bonds is 0. The molecule has 0 saturated carbocycles. The maximum atomic E-state index is 12.5. The van der Waals surface area contributed by atoms with Gasteiger partial charge < -0.3 is 28.4 Å². The SMILES string of the molecule is C/C1=C\CC[C@@]2(C)O[C@@H]2CC[C@]2(C)O[C@@H]2COC(=O)/C(C)=C/CC[C@]2(C)O[C@H]2CC[C@@]2(C)O[C@H]2COC1=O. The van der Waals surface area contributed by atoms with Crippen LogP contribution in [0.1, 0.15) is 92.9 Å². The molecule has 8 atom stereocenters. The van der Waals surface area contributed by atoms with Crippen molar-refractivity contribution in [3.8, 4) is 0 Å². The van der Waals surface area contributed by atoms with Gasteiger partial charge in [0.05, 0.1) is 34.6 Å². The minimum absolute atomic E-state index is 0.0733. The van der Waals surface area contributed by atoms with Crippen LogP contribution in [0.25, 0.3) is 0 Å². The van der Waals surface area contributed by atoms with Gasteiger partial charge in [-0.15, -0.1) is 0 Å².